The molecule has 0 saturated carbocycles. The van der Waals surface area contributed by atoms with Gasteiger partial charge >= 0.3 is 154 Å². The maximum absolute atomic E-state index is 13.5. The summed E-state index contributed by atoms with van der Waals surface area (Å²) in [6.45, 7) is -0.433. The summed E-state index contributed by atoms with van der Waals surface area (Å²) in [5.74, 6) is 0. The zero-order valence-corrected chi connectivity index (χ0v) is 21.7. The quantitative estimate of drug-likeness (QED) is 0.172. The van der Waals surface area contributed by atoms with Crippen LogP contribution in [0.15, 0.2) is 36.4 Å². The number of aliphatic hydroxyl groups is 1. The number of rotatable bonds is 9. The number of benzene rings is 1. The molecule has 10 fully saturated rings. The summed E-state index contributed by atoms with van der Waals surface area (Å²) in [6, 6.07) is 5.92. The van der Waals surface area contributed by atoms with E-state index in [-0.39, 0.29) is 23.4 Å². The Kier molecular flexibility index (Phi) is 1.73. The second-order valence-electron chi connectivity index (χ2n) is 16.0. The molecule has 2 aromatic rings. The van der Waals surface area contributed by atoms with Crippen LogP contribution in [0.25, 0.3) is 11.3 Å². The van der Waals surface area contributed by atoms with Gasteiger partial charge in [0.05, 0.1) is 5.56 Å². The molecule has 10 saturated heterocycles. The summed E-state index contributed by atoms with van der Waals surface area (Å²) >= 11 is 0. The first-order valence-electron chi connectivity index (χ1n) is 13.8. The third-order valence-corrected chi connectivity index (χ3v) is 62.2. The molecule has 10 aliphatic rings. The predicted octanol–water partition coefficient (Wildman–Crippen LogP) is 6.76. The van der Waals surface area contributed by atoms with Crippen molar-refractivity contribution in [2.45, 2.75) is 66.1 Å². The Bertz CT molecular complexity index is 1840. The van der Waals surface area contributed by atoms with Gasteiger partial charge in [-0.25, -0.2) is 0 Å². The van der Waals surface area contributed by atoms with Crippen molar-refractivity contribution in [3.05, 3.63) is 53.2 Å². The fourth-order valence-corrected chi connectivity index (χ4v) is 94.6. The van der Waals surface area contributed by atoms with Crippen molar-refractivity contribution in [3.8, 4) is 11.3 Å². The number of fused-ring (bicyclic) bond motifs is 10. The number of alkyl halides is 6. The standard InChI is InChI=1S/C23H22F6N3O.C5H5.Fe/c24-22(25,26)18-7-5-16(6-8-18)19-11-17(12-21(32-19)23(27,28)29)20(33)14-31-10-9-30-13-15-3-1-2-4-15;1-2-4-5-3-1;/h1-8,11-12,20,30-31,33H,9-10,13-14H2;1-5H;/t20-;;/m1../s1. The monoisotopic (exact) mass is 591 g/mol. The number of aromatic nitrogens is 1. The van der Waals surface area contributed by atoms with Crippen LogP contribution in [-0.4, -0.2) is 36.3 Å². The van der Waals surface area contributed by atoms with Crippen LogP contribution in [-0.2, 0) is 18.9 Å². The molecule has 10 aliphatic heterocycles. The number of halogens is 6. The summed E-state index contributed by atoms with van der Waals surface area (Å²) in [7, 11) is 0. The first-order valence-corrected chi connectivity index (χ1v) is 20.1. The number of pyridine rings is 1. The Morgan fingerprint density at radius 1 is 0.821 bits per heavy atom. The molecule has 0 radical (unpaired) electrons. The minimum absolute atomic E-state index is 0.0194. The summed E-state index contributed by atoms with van der Waals surface area (Å²) in [6.07, 6.45) is -10.5. The molecule has 1 aromatic heterocycles. The number of nitrogens with zero attached hydrogens (tertiary/aromatic N) is 1. The maximum atomic E-state index is 13.5. The zero-order chi connectivity index (χ0) is 26.7. The Morgan fingerprint density at radius 2 is 1.41 bits per heavy atom. The van der Waals surface area contributed by atoms with Gasteiger partial charge in [0.15, 0.2) is 0 Å². The van der Waals surface area contributed by atoms with Crippen molar-refractivity contribution in [2.75, 3.05) is 26.2 Å². The first-order chi connectivity index (χ1) is 18.2. The Balaban J connectivity index is 0.727. The number of hydrogen-bond acceptors (Lipinski definition) is 4. The third kappa shape index (κ3) is 0.618. The van der Waals surface area contributed by atoms with Crippen LogP contribution in [0.5, 0.6) is 0 Å². The van der Waals surface area contributed by atoms with E-state index in [0.29, 0.717) is 6.54 Å². The normalized spacial score (nSPS) is 60.3. The van der Waals surface area contributed by atoms with Crippen molar-refractivity contribution in [3.63, 3.8) is 0 Å². The van der Waals surface area contributed by atoms with E-state index in [1.165, 1.54) is 56.0 Å². The van der Waals surface area contributed by atoms with Crippen molar-refractivity contribution >= 4 is 0 Å². The summed E-state index contributed by atoms with van der Waals surface area (Å²) in [4.78, 5) is 15.1. The van der Waals surface area contributed by atoms with Gasteiger partial charge in [0.2, 0.25) is 0 Å². The molecule has 0 aliphatic carbocycles. The molecule has 4 unspecified atom stereocenters. The first kappa shape index (κ1) is 21.1. The second-order valence-corrected chi connectivity index (χ2v) is 39.6. The average Bonchev–Trinajstić information content (AvgIpc) is 3.83. The van der Waals surface area contributed by atoms with Crippen molar-refractivity contribution < 1.29 is 38.0 Å². The van der Waals surface area contributed by atoms with Gasteiger partial charge in [-0.1, -0.05) is 12.1 Å². The van der Waals surface area contributed by atoms with Gasteiger partial charge in [0.25, 0.3) is 0 Å². The van der Waals surface area contributed by atoms with Gasteiger partial charge in [0, 0.05) is 0 Å². The van der Waals surface area contributed by atoms with E-state index in [1.54, 1.807) is 0 Å². The molecule has 0 amide bonds. The molecule has 4 nitrogen and oxygen atoms in total. The SMILES string of the molecule is O[C@H](CNCCNC[C]12[CH]3[CH]4[CH]5[CH]1[Fe]45321678[CH]2[CH]1[CH]6[CH]7[CH]28)c1cc(-c2ccc(C(F)(F)F)cc2)nc(C(F)(F)F)c1. The Labute approximate surface area is 210 Å². The van der Waals surface area contributed by atoms with Crippen molar-refractivity contribution in [1.82, 2.24) is 15.6 Å². The van der Waals surface area contributed by atoms with Crippen LogP contribution in [0.4, 0.5) is 26.3 Å². The Morgan fingerprint density at radius 3 is 1.90 bits per heavy atom. The Hall–Kier alpha value is -1.65. The van der Waals surface area contributed by atoms with Crippen LogP contribution < -0.4 is 10.6 Å². The van der Waals surface area contributed by atoms with Gasteiger partial charge in [0.1, 0.15) is 0 Å². The molecule has 11 heteroatoms. The van der Waals surface area contributed by atoms with E-state index in [0.717, 1.165) is 41.2 Å². The van der Waals surface area contributed by atoms with Gasteiger partial charge < -0.3 is 0 Å². The molecule has 0 bridgehead atoms. The fourth-order valence-electron chi connectivity index (χ4n) is 19.8. The van der Waals surface area contributed by atoms with E-state index < -0.39 is 36.2 Å². The molecular weight excluding hydrogens is 564 g/mol. The van der Waals surface area contributed by atoms with E-state index in [2.05, 4.69) is 15.6 Å². The van der Waals surface area contributed by atoms with E-state index in [1.807, 2.05) is 0 Å². The van der Waals surface area contributed by atoms with E-state index >= 15 is 0 Å². The molecule has 12 rings (SSSR count). The predicted molar refractivity (Wildman–Crippen MR) is 127 cm³/mol. The zero-order valence-electron chi connectivity index (χ0n) is 20.6. The topological polar surface area (TPSA) is 57.2 Å². The molecular formula is C28H27F6FeN3O. The minimum atomic E-state index is -4.76. The molecule has 11 heterocycles. The molecule has 1 aromatic carbocycles. The van der Waals surface area contributed by atoms with Gasteiger partial charge in [-0.15, -0.1) is 0 Å². The van der Waals surface area contributed by atoms with Crippen LogP contribution in [0.2, 0.25) is 47.7 Å². The molecule has 39 heavy (non-hydrogen) atoms. The fraction of sp³-hybridized carbons (Fsp3) is 0.607. The molecule has 5 atom stereocenters. The molecule has 1 spiro atoms. The van der Waals surface area contributed by atoms with Crippen molar-refractivity contribution in [1.29, 1.82) is 0 Å². The van der Waals surface area contributed by atoms with Gasteiger partial charge in [-0.3, -0.25) is 0 Å². The number of aliphatic hydroxyl groups excluding tert-OH is 1. The van der Waals surface area contributed by atoms with E-state index in [4.69, 9.17) is 0 Å². The summed E-state index contributed by atoms with van der Waals surface area (Å²) in [5.41, 5.74) is -2.10. The average molecular weight is 591 g/mol. The van der Waals surface area contributed by atoms with Crippen molar-refractivity contribution in [2.24, 2.45) is 0 Å². The van der Waals surface area contributed by atoms with Gasteiger partial charge in [-0.2, -0.15) is 26.3 Å². The van der Waals surface area contributed by atoms with Crippen LogP contribution in [0.3, 0.4) is 0 Å². The third-order valence-electron chi connectivity index (χ3n) is 19.2. The number of nitrogens with one attached hydrogen (secondary N) is 2. The van der Waals surface area contributed by atoms with E-state index in [9.17, 15) is 31.4 Å². The second kappa shape index (κ2) is 3.19. The van der Waals surface area contributed by atoms with Crippen LogP contribution >= 0.6 is 0 Å². The summed E-state index contributed by atoms with van der Waals surface area (Å²) < 4.78 is 80.1. The van der Waals surface area contributed by atoms with Crippen LogP contribution in [0.1, 0.15) is 22.9 Å². The molecule has 210 valence electrons. The molecule has 3 N–H and O–H groups in total. The van der Waals surface area contributed by atoms with Crippen LogP contribution in [0, 0.1) is 0 Å². The van der Waals surface area contributed by atoms with Gasteiger partial charge in [-0.05, 0) is 12.1 Å². The summed E-state index contributed by atoms with van der Waals surface area (Å²) in [5, 5.41) is 17.6. The number of hydrogen-bond donors (Lipinski definition) is 3.